The molecule has 0 spiro atoms. The fraction of sp³-hybridized carbons (Fsp3) is 0.738. The lowest BCUT2D eigenvalue weighted by atomic mass is 10.2. The highest BCUT2D eigenvalue weighted by Crippen LogP contribution is 2.66. The van der Waals surface area contributed by atoms with Gasteiger partial charge in [-0.1, -0.05) is 113 Å². The summed E-state index contributed by atoms with van der Waals surface area (Å²) in [6.07, 6.45) is 2.84. The van der Waals surface area contributed by atoms with Crippen LogP contribution in [0.4, 0.5) is 0 Å². The van der Waals surface area contributed by atoms with Crippen molar-refractivity contribution in [1.29, 1.82) is 0 Å². The Balaban J connectivity index is -0.00000117. The number of hydrogen-bond donors (Lipinski definition) is 7. The number of nitrogens with one attached hydrogen (secondary N) is 2. The largest absolute Gasteiger partial charge is 0.490 e. The number of amides is 1. The summed E-state index contributed by atoms with van der Waals surface area (Å²) in [5.41, 5.74) is -1.98. The van der Waals surface area contributed by atoms with E-state index >= 15 is 0 Å². The minimum absolute atomic E-state index is 0.126. The van der Waals surface area contributed by atoms with E-state index in [-0.39, 0.29) is 18.5 Å². The van der Waals surface area contributed by atoms with Crippen molar-refractivity contribution in [2.75, 3.05) is 91.7 Å². The Hall–Kier alpha value is -2.64. The van der Waals surface area contributed by atoms with Crippen LogP contribution in [0.3, 0.4) is 0 Å². The first-order valence-electron chi connectivity index (χ1n) is 22.8. The van der Waals surface area contributed by atoms with Crippen LogP contribution in [0.25, 0.3) is 0 Å². The molecule has 0 bridgehead atoms. The van der Waals surface area contributed by atoms with Crippen LogP contribution < -0.4 is 16.6 Å². The number of aliphatic hydroxyl groups excluding tert-OH is 1. The molecule has 0 aromatic carbocycles. The molecule has 25 heteroatoms. The van der Waals surface area contributed by atoms with Crippen LogP contribution in [0.5, 0.6) is 0 Å². The molecule has 0 aliphatic carbocycles. The maximum atomic E-state index is 12.3. The van der Waals surface area contributed by atoms with Gasteiger partial charge >= 0.3 is 29.2 Å². The number of aromatic amines is 1. The van der Waals surface area contributed by atoms with Crippen molar-refractivity contribution in [3.63, 3.8) is 0 Å². The van der Waals surface area contributed by atoms with E-state index in [0.717, 1.165) is 10.8 Å². The molecule has 1 aromatic rings. The summed E-state index contributed by atoms with van der Waals surface area (Å²) in [6, 6.07) is 0. The van der Waals surface area contributed by atoms with Crippen molar-refractivity contribution in [2.45, 2.75) is 115 Å². The van der Waals surface area contributed by atoms with Crippen LogP contribution in [-0.2, 0) is 36.4 Å². The second-order valence-corrected chi connectivity index (χ2v) is 18.3. The monoisotopic (exact) mass is 1020 g/mol. The first-order valence-corrected chi connectivity index (χ1v) is 27.4. The predicted molar refractivity (Wildman–Crippen MR) is 263 cm³/mol. The Morgan fingerprint density at radius 2 is 1.19 bits per heavy atom. The Morgan fingerprint density at radius 1 is 0.761 bits per heavy atom. The van der Waals surface area contributed by atoms with E-state index in [1.807, 2.05) is 4.98 Å². The lowest BCUT2D eigenvalue weighted by molar-refractivity contribution is -0.116. The number of allylic oxidation sites excluding steroid dienone is 3. The van der Waals surface area contributed by atoms with E-state index in [2.05, 4.69) is 133 Å². The third-order valence-electron chi connectivity index (χ3n) is 9.79. The number of aliphatic hydroxyl groups is 1. The Kier molecular flexibility index (Phi) is 40.1. The molecule has 5 atom stereocenters. The van der Waals surface area contributed by atoms with Crippen LogP contribution in [0, 0.1) is 11.8 Å². The molecule has 2 rings (SSSR count). The van der Waals surface area contributed by atoms with Crippen LogP contribution in [0.1, 0.15) is 108 Å². The second-order valence-electron chi connectivity index (χ2n) is 13.9. The molecule has 1 fully saturated rings. The van der Waals surface area contributed by atoms with E-state index in [1.165, 1.54) is 90.7 Å². The topological polar surface area (TPSA) is 286 Å². The van der Waals surface area contributed by atoms with Gasteiger partial charge in [0.2, 0.25) is 5.91 Å². The maximum Gasteiger partial charge on any atom is 0.490 e. The number of hydrogen-bond acceptors (Lipinski definition) is 15. The molecule has 392 valence electrons. The smallest absolute Gasteiger partial charge is 0.390 e. The zero-order chi connectivity index (χ0) is 52.2. The number of carbonyl (C=O) groups excluding carboxylic acids is 1. The molecule has 0 radical (unpaired) electrons. The van der Waals surface area contributed by atoms with Crippen LogP contribution >= 0.6 is 23.5 Å². The highest BCUT2D eigenvalue weighted by Gasteiger charge is 2.43. The normalized spacial score (nSPS) is 17.6. The molecule has 1 aromatic heterocycles. The van der Waals surface area contributed by atoms with Crippen molar-refractivity contribution >= 4 is 29.4 Å². The van der Waals surface area contributed by atoms with E-state index in [1.54, 1.807) is 19.1 Å². The van der Waals surface area contributed by atoms with Crippen molar-refractivity contribution in [3.8, 4) is 11.8 Å². The average molecular weight is 1020 g/mol. The fourth-order valence-electron chi connectivity index (χ4n) is 5.56. The minimum Gasteiger partial charge on any atom is -0.390 e. The van der Waals surface area contributed by atoms with Gasteiger partial charge in [-0.3, -0.25) is 23.7 Å². The quantitative estimate of drug-likeness (QED) is 0.0343. The Morgan fingerprint density at radius 3 is 1.57 bits per heavy atom. The number of phosphoric ester groups is 1. The summed E-state index contributed by atoms with van der Waals surface area (Å²) in [5.74, 6) is 4.58. The van der Waals surface area contributed by atoms with Gasteiger partial charge in [-0.15, -0.1) is 0 Å². The number of rotatable bonds is 23. The molecule has 2 heterocycles. The number of carbonyl (C=O) groups is 1. The van der Waals surface area contributed by atoms with E-state index in [4.69, 9.17) is 19.4 Å². The van der Waals surface area contributed by atoms with Gasteiger partial charge in [-0.25, -0.2) is 18.5 Å². The SMILES string of the molecule is C/C=C/C=C/C(=O)NCC#Cc1cn([C@H]2C[C@H](O)[C@@H](COP(=O)(O)OP(=O)(O)OP(=O)(O)O)O2)c(=O)[nH]c1=O.CCN(CC)CC.CCN(CC)CC.CCN(CC)CC.CCN(CC)CC. The summed E-state index contributed by atoms with van der Waals surface area (Å²) in [6.45, 7) is 41.2. The van der Waals surface area contributed by atoms with Gasteiger partial charge in [0.05, 0.1) is 19.3 Å². The number of aromatic nitrogens is 2. The molecule has 22 nitrogen and oxygen atoms in total. The highest BCUT2D eigenvalue weighted by atomic mass is 31.3. The molecular formula is C42H84N7O15P3. The molecule has 67 heavy (non-hydrogen) atoms. The Labute approximate surface area is 399 Å². The van der Waals surface area contributed by atoms with E-state index < -0.39 is 65.7 Å². The second kappa shape index (κ2) is 39.1. The lowest BCUT2D eigenvalue weighted by Gasteiger charge is -2.19. The molecule has 0 saturated carbocycles. The van der Waals surface area contributed by atoms with E-state index in [0.29, 0.717) is 0 Å². The number of phosphoric acid groups is 3. The first-order chi connectivity index (χ1) is 31.4. The van der Waals surface area contributed by atoms with Gasteiger partial charge in [0, 0.05) is 18.7 Å². The fourth-order valence-corrected chi connectivity index (χ4v) is 8.59. The van der Waals surface area contributed by atoms with Crippen LogP contribution in [0.2, 0.25) is 0 Å². The van der Waals surface area contributed by atoms with Crippen LogP contribution in [-0.4, -0.2) is 164 Å². The van der Waals surface area contributed by atoms with Crippen molar-refractivity contribution < 1.29 is 61.1 Å². The summed E-state index contributed by atoms with van der Waals surface area (Å²) >= 11 is 0. The van der Waals surface area contributed by atoms with Gasteiger partial charge in [-0.05, 0) is 85.5 Å². The molecule has 7 N–H and O–H groups in total. The van der Waals surface area contributed by atoms with Crippen molar-refractivity contribution in [3.05, 3.63) is 56.9 Å². The van der Waals surface area contributed by atoms with Crippen molar-refractivity contribution in [1.82, 2.24) is 34.5 Å². The van der Waals surface area contributed by atoms with Crippen molar-refractivity contribution in [2.24, 2.45) is 0 Å². The third kappa shape index (κ3) is 34.3. The zero-order valence-electron chi connectivity index (χ0n) is 42.1. The average Bonchev–Trinajstić information content (AvgIpc) is 3.64. The molecule has 1 saturated heterocycles. The van der Waals surface area contributed by atoms with Gasteiger partial charge in [0.1, 0.15) is 17.9 Å². The summed E-state index contributed by atoms with van der Waals surface area (Å²) in [5, 5.41) is 12.7. The zero-order valence-corrected chi connectivity index (χ0v) is 44.8. The minimum atomic E-state index is -5.74. The standard InChI is InChI=1S/C18H24N3O15P3.4C6H15N/c1-2-3-4-7-15(23)19-8-5-6-12-10-21(18(25)20-17(12)24)16-9-13(22)14(34-16)11-33-38(29,30)36-39(31,32)35-37(26,27)28;4*1-4-7(5-2)6-3/h2-4,7,10,13-14,16,22H,8-9,11H2,1H3,(H,19,23)(H,29,30)(H,31,32)(H,20,24,25)(H2,26,27,28);4*4-6H2,1-3H3/b3-2+,7-4+;;;;/t13-,14+,16+;;;;/m0..../s1. The van der Waals surface area contributed by atoms with Gasteiger partial charge in [0.25, 0.3) is 5.56 Å². The highest BCUT2D eigenvalue weighted by molar-refractivity contribution is 7.66. The van der Waals surface area contributed by atoms with Gasteiger partial charge in [0.15, 0.2) is 0 Å². The number of ether oxygens (including phenoxy) is 1. The summed E-state index contributed by atoms with van der Waals surface area (Å²) < 4.78 is 51.8. The molecular weight excluding hydrogens is 935 g/mol. The maximum absolute atomic E-state index is 12.3. The molecule has 1 aliphatic rings. The number of H-pyrrole nitrogens is 1. The summed E-state index contributed by atoms with van der Waals surface area (Å²) in [4.78, 5) is 83.3. The number of nitrogens with zero attached hydrogens (tertiary/aromatic N) is 5. The van der Waals surface area contributed by atoms with Gasteiger partial charge in [-0.2, -0.15) is 8.62 Å². The third-order valence-corrected chi connectivity index (χ3v) is 13.6. The molecule has 1 aliphatic heterocycles. The predicted octanol–water partition coefficient (Wildman–Crippen LogP) is 4.52. The molecule has 2 unspecified atom stereocenters. The Bertz CT molecular complexity index is 1780. The first kappa shape index (κ1) is 68.6. The van der Waals surface area contributed by atoms with Crippen LogP contribution in [0.15, 0.2) is 40.1 Å². The summed E-state index contributed by atoms with van der Waals surface area (Å²) in [7, 11) is -16.8. The van der Waals surface area contributed by atoms with E-state index in [9.17, 15) is 38.1 Å². The molecule has 1 amide bonds. The lowest BCUT2D eigenvalue weighted by Crippen LogP contribution is -2.33. The van der Waals surface area contributed by atoms with Gasteiger partial charge < -0.3 is 54.3 Å².